The summed E-state index contributed by atoms with van der Waals surface area (Å²) in [5.41, 5.74) is 3.45. The van der Waals surface area contributed by atoms with Crippen molar-refractivity contribution >= 4 is 20.7 Å². The molecule has 0 spiro atoms. The molecule has 3 rings (SSSR count). The topological polar surface area (TPSA) is 62.9 Å². The summed E-state index contributed by atoms with van der Waals surface area (Å²) in [5.74, 6) is 0. The van der Waals surface area contributed by atoms with Gasteiger partial charge in [0.1, 0.15) is 0 Å². The highest BCUT2D eigenvalue weighted by atomic mass is 32.2. The van der Waals surface area contributed by atoms with Gasteiger partial charge in [-0.3, -0.25) is 0 Å². The Morgan fingerprint density at radius 2 is 1.77 bits per heavy atom. The number of nitrogens with zero attached hydrogens (tertiary/aromatic N) is 2. The van der Waals surface area contributed by atoms with Gasteiger partial charge in [0.25, 0.3) is 0 Å². The Hall–Kier alpha value is -2.58. The second-order valence-electron chi connectivity index (χ2n) is 5.29. The first-order valence-corrected chi connectivity index (χ1v) is 8.61. The summed E-state index contributed by atoms with van der Waals surface area (Å²) in [6.07, 6.45) is 3.11. The summed E-state index contributed by atoms with van der Waals surface area (Å²) < 4.78 is 25.0. The van der Waals surface area contributed by atoms with Crippen LogP contribution in [0.5, 0.6) is 0 Å². The maximum absolute atomic E-state index is 11.5. The van der Waals surface area contributed by atoms with Crippen molar-refractivity contribution in [3.63, 3.8) is 0 Å². The molecule has 0 saturated carbocycles. The number of hydrogen-bond acceptors (Lipinski definition) is 3. The minimum Gasteiger partial charge on any atom is -0.317 e. The number of benzene rings is 2. The lowest BCUT2D eigenvalue weighted by Gasteiger charge is -2.08. The highest BCUT2D eigenvalue weighted by molar-refractivity contribution is 7.90. The van der Waals surface area contributed by atoms with E-state index in [1.807, 2.05) is 35.9 Å². The molecule has 0 bridgehead atoms. The first-order valence-electron chi connectivity index (χ1n) is 6.72. The molecule has 0 aliphatic carbocycles. The van der Waals surface area contributed by atoms with Gasteiger partial charge in [-0.05, 0) is 55.0 Å². The van der Waals surface area contributed by atoms with Crippen LogP contribution in [-0.2, 0) is 9.84 Å². The molecule has 0 atom stereocenters. The zero-order valence-corrected chi connectivity index (χ0v) is 13.1. The predicted octanol–water partition coefficient (Wildman–Crippen LogP) is 3.21. The van der Waals surface area contributed by atoms with Crippen LogP contribution in [0.1, 0.15) is 11.1 Å². The average molecular weight is 310 g/mol. The van der Waals surface area contributed by atoms with Gasteiger partial charge in [-0.15, -0.1) is 0 Å². The van der Waals surface area contributed by atoms with Crippen molar-refractivity contribution in [1.29, 1.82) is 5.26 Å². The van der Waals surface area contributed by atoms with Gasteiger partial charge in [0.05, 0.1) is 22.0 Å². The van der Waals surface area contributed by atoms with Crippen molar-refractivity contribution < 1.29 is 8.42 Å². The van der Waals surface area contributed by atoms with Crippen LogP contribution in [0.2, 0.25) is 0 Å². The van der Waals surface area contributed by atoms with Crippen LogP contribution < -0.4 is 0 Å². The number of nitriles is 1. The third-order valence-electron chi connectivity index (χ3n) is 3.70. The Labute approximate surface area is 129 Å². The van der Waals surface area contributed by atoms with Crippen LogP contribution in [0.4, 0.5) is 0 Å². The van der Waals surface area contributed by atoms with Gasteiger partial charge in [0.2, 0.25) is 0 Å². The van der Waals surface area contributed by atoms with Crippen molar-refractivity contribution in [2.24, 2.45) is 0 Å². The Balaban J connectivity index is 2.15. The maximum Gasteiger partial charge on any atom is 0.175 e. The van der Waals surface area contributed by atoms with Crippen molar-refractivity contribution in [3.05, 3.63) is 59.8 Å². The number of aromatic nitrogens is 1. The van der Waals surface area contributed by atoms with Crippen LogP contribution in [-0.4, -0.2) is 19.2 Å². The monoisotopic (exact) mass is 310 g/mol. The van der Waals surface area contributed by atoms with E-state index in [9.17, 15) is 8.42 Å². The van der Waals surface area contributed by atoms with E-state index in [-0.39, 0.29) is 0 Å². The molecule has 0 fully saturated rings. The third-order valence-corrected chi connectivity index (χ3v) is 4.83. The Kier molecular flexibility index (Phi) is 3.27. The molecule has 0 radical (unpaired) electrons. The van der Waals surface area contributed by atoms with Gasteiger partial charge < -0.3 is 4.57 Å². The van der Waals surface area contributed by atoms with Crippen LogP contribution in [0.25, 0.3) is 16.6 Å². The Morgan fingerprint density at radius 1 is 1.09 bits per heavy atom. The minimum absolute atomic E-state index is 0.302. The molecule has 3 aromatic rings. The summed E-state index contributed by atoms with van der Waals surface area (Å²) in [5, 5.41) is 10.1. The van der Waals surface area contributed by atoms with E-state index in [1.165, 1.54) is 6.26 Å². The second-order valence-corrected chi connectivity index (χ2v) is 7.31. The first kappa shape index (κ1) is 14.4. The van der Waals surface area contributed by atoms with Crippen LogP contribution in [0.3, 0.4) is 0 Å². The zero-order valence-electron chi connectivity index (χ0n) is 12.2. The van der Waals surface area contributed by atoms with E-state index in [0.717, 1.165) is 22.2 Å². The van der Waals surface area contributed by atoms with Crippen LogP contribution >= 0.6 is 0 Å². The van der Waals surface area contributed by atoms with Gasteiger partial charge in [-0.1, -0.05) is 0 Å². The minimum atomic E-state index is -3.19. The molecule has 0 saturated heterocycles. The summed E-state index contributed by atoms with van der Waals surface area (Å²) in [6, 6.07) is 14.7. The average Bonchev–Trinajstić information content (AvgIpc) is 2.88. The molecule has 1 heterocycles. The van der Waals surface area contributed by atoms with Crippen LogP contribution in [0.15, 0.2) is 53.6 Å². The predicted molar refractivity (Wildman–Crippen MR) is 85.8 cm³/mol. The summed E-state index contributed by atoms with van der Waals surface area (Å²) >= 11 is 0. The number of sulfone groups is 1. The first-order chi connectivity index (χ1) is 10.4. The Morgan fingerprint density at radius 3 is 2.36 bits per heavy atom. The molecular weight excluding hydrogens is 296 g/mol. The van der Waals surface area contributed by atoms with Gasteiger partial charge in [-0.25, -0.2) is 8.42 Å². The fourth-order valence-electron chi connectivity index (χ4n) is 2.49. The fourth-order valence-corrected chi connectivity index (χ4v) is 3.12. The molecule has 4 nitrogen and oxygen atoms in total. The van der Waals surface area contributed by atoms with Crippen LogP contribution in [0, 0.1) is 18.3 Å². The lowest BCUT2D eigenvalue weighted by molar-refractivity contribution is 0.602. The summed E-state index contributed by atoms with van der Waals surface area (Å²) in [6.45, 7) is 1.90. The standard InChI is InChI=1S/C17H14N2O2S/c1-12-9-17-13(10-14(12)11-18)7-8-19(17)15-3-5-16(6-4-15)22(2,20)21/h3-10H,1-2H3. The quantitative estimate of drug-likeness (QED) is 0.730. The van der Waals surface area contributed by atoms with E-state index in [2.05, 4.69) is 6.07 Å². The van der Waals surface area contributed by atoms with Crippen molar-refractivity contribution in [2.75, 3.05) is 6.26 Å². The number of rotatable bonds is 2. The molecule has 0 unspecified atom stereocenters. The molecular formula is C17H14N2O2S. The highest BCUT2D eigenvalue weighted by Gasteiger charge is 2.09. The molecule has 0 aliphatic rings. The van der Waals surface area contributed by atoms with Crippen molar-refractivity contribution in [2.45, 2.75) is 11.8 Å². The fraction of sp³-hybridized carbons (Fsp3) is 0.118. The summed E-state index contributed by atoms with van der Waals surface area (Å²) in [4.78, 5) is 0.302. The zero-order chi connectivity index (χ0) is 15.9. The van der Waals surface area contributed by atoms with E-state index >= 15 is 0 Å². The van der Waals surface area contributed by atoms with Gasteiger partial charge in [0, 0.05) is 23.5 Å². The molecule has 0 amide bonds. The van der Waals surface area contributed by atoms with E-state index in [1.54, 1.807) is 24.3 Å². The maximum atomic E-state index is 11.5. The van der Waals surface area contributed by atoms with Crippen molar-refractivity contribution in [3.8, 4) is 11.8 Å². The molecule has 2 aromatic carbocycles. The molecule has 0 N–H and O–H groups in total. The molecule has 110 valence electrons. The SMILES string of the molecule is Cc1cc2c(ccn2-c2ccc(S(C)(=O)=O)cc2)cc1C#N. The van der Waals surface area contributed by atoms with Gasteiger partial charge >= 0.3 is 0 Å². The lowest BCUT2D eigenvalue weighted by Crippen LogP contribution is -1.98. The smallest absolute Gasteiger partial charge is 0.175 e. The summed E-state index contributed by atoms with van der Waals surface area (Å²) in [7, 11) is -3.19. The third kappa shape index (κ3) is 2.38. The highest BCUT2D eigenvalue weighted by Crippen LogP contribution is 2.24. The van der Waals surface area contributed by atoms with E-state index in [4.69, 9.17) is 5.26 Å². The largest absolute Gasteiger partial charge is 0.317 e. The van der Waals surface area contributed by atoms with Gasteiger partial charge in [-0.2, -0.15) is 5.26 Å². The molecule has 5 heteroatoms. The number of fused-ring (bicyclic) bond motifs is 1. The molecule has 0 aliphatic heterocycles. The normalized spacial score (nSPS) is 11.5. The number of hydrogen-bond donors (Lipinski definition) is 0. The van der Waals surface area contributed by atoms with Crippen molar-refractivity contribution in [1.82, 2.24) is 4.57 Å². The molecule has 1 aromatic heterocycles. The number of aryl methyl sites for hydroxylation is 1. The Bertz CT molecular complexity index is 1010. The lowest BCUT2D eigenvalue weighted by atomic mass is 10.1. The van der Waals surface area contributed by atoms with Gasteiger partial charge in [0.15, 0.2) is 9.84 Å². The molecule has 22 heavy (non-hydrogen) atoms. The van der Waals surface area contributed by atoms with E-state index < -0.39 is 9.84 Å². The van der Waals surface area contributed by atoms with E-state index in [0.29, 0.717) is 10.5 Å². The second kappa shape index (κ2) is 5.00.